The standard InChI is InChI=1S/C11H11N5O2S/c17-10(18)9-7(2-1-5-12-9)6-19-11-13-14-15-16(11)8-3-4-8/h1-2,5,8H,3-4,6H2,(H,17,18). The lowest BCUT2D eigenvalue weighted by molar-refractivity contribution is 0.0689. The van der Waals surface area contributed by atoms with Crippen molar-refractivity contribution in [2.75, 3.05) is 0 Å². The lowest BCUT2D eigenvalue weighted by atomic mass is 10.2. The number of carboxylic acid groups (broad SMARTS) is 1. The maximum Gasteiger partial charge on any atom is 0.354 e. The Morgan fingerprint density at radius 2 is 2.37 bits per heavy atom. The van der Waals surface area contributed by atoms with E-state index in [1.165, 1.54) is 18.0 Å². The molecule has 3 rings (SSSR count). The van der Waals surface area contributed by atoms with Crippen LogP contribution < -0.4 is 0 Å². The number of pyridine rings is 1. The summed E-state index contributed by atoms with van der Waals surface area (Å²) >= 11 is 1.43. The predicted molar refractivity (Wildman–Crippen MR) is 66.8 cm³/mol. The average molecular weight is 277 g/mol. The lowest BCUT2D eigenvalue weighted by Gasteiger charge is -2.04. The number of hydrogen-bond donors (Lipinski definition) is 1. The number of rotatable bonds is 5. The molecule has 0 saturated heterocycles. The third-order valence-corrected chi connectivity index (χ3v) is 3.79. The summed E-state index contributed by atoms with van der Waals surface area (Å²) in [6.07, 6.45) is 3.68. The molecule has 1 aliphatic rings. The molecule has 0 atom stereocenters. The highest BCUT2D eigenvalue weighted by molar-refractivity contribution is 7.98. The first-order valence-corrected chi connectivity index (χ1v) is 6.82. The number of hydrogen-bond acceptors (Lipinski definition) is 6. The Hall–Kier alpha value is -1.96. The van der Waals surface area contributed by atoms with Gasteiger partial charge in [0.05, 0.1) is 6.04 Å². The molecule has 1 fully saturated rings. The summed E-state index contributed by atoms with van der Waals surface area (Å²) in [5.41, 5.74) is 0.755. The van der Waals surface area contributed by atoms with Gasteiger partial charge in [0.2, 0.25) is 5.16 Å². The van der Waals surface area contributed by atoms with Crippen LogP contribution in [0.15, 0.2) is 23.5 Å². The van der Waals surface area contributed by atoms with Gasteiger partial charge >= 0.3 is 5.97 Å². The molecule has 0 radical (unpaired) electrons. The van der Waals surface area contributed by atoms with Gasteiger partial charge in [-0.1, -0.05) is 17.8 Å². The molecule has 1 saturated carbocycles. The number of nitrogens with zero attached hydrogens (tertiary/aromatic N) is 5. The lowest BCUT2D eigenvalue weighted by Crippen LogP contribution is -2.05. The molecule has 2 aromatic heterocycles. The van der Waals surface area contributed by atoms with Crippen molar-refractivity contribution >= 4 is 17.7 Å². The summed E-state index contributed by atoms with van der Waals surface area (Å²) in [7, 11) is 0. The van der Waals surface area contributed by atoms with Crippen molar-refractivity contribution in [1.29, 1.82) is 0 Å². The fourth-order valence-corrected chi connectivity index (χ4v) is 2.65. The van der Waals surface area contributed by atoms with E-state index in [0.717, 1.165) is 18.0 Å². The van der Waals surface area contributed by atoms with Gasteiger partial charge in [-0.3, -0.25) is 0 Å². The third kappa shape index (κ3) is 2.58. The number of tetrazole rings is 1. The van der Waals surface area contributed by atoms with Crippen molar-refractivity contribution in [3.05, 3.63) is 29.6 Å². The smallest absolute Gasteiger partial charge is 0.354 e. The molecule has 8 heteroatoms. The van der Waals surface area contributed by atoms with E-state index in [0.29, 0.717) is 17.4 Å². The van der Waals surface area contributed by atoms with Gasteiger partial charge in [-0.05, 0) is 34.9 Å². The van der Waals surface area contributed by atoms with Crippen molar-refractivity contribution in [3.63, 3.8) is 0 Å². The fraction of sp³-hybridized carbons (Fsp3) is 0.364. The first-order chi connectivity index (χ1) is 9.25. The summed E-state index contributed by atoms with van der Waals surface area (Å²) in [4.78, 5) is 14.9. The van der Waals surface area contributed by atoms with E-state index in [4.69, 9.17) is 5.11 Å². The average Bonchev–Trinajstić information content (AvgIpc) is 3.15. The number of aromatic nitrogens is 5. The van der Waals surface area contributed by atoms with E-state index in [1.54, 1.807) is 12.1 Å². The molecule has 2 aromatic rings. The Labute approximate surface area is 113 Å². The molecule has 0 amide bonds. The van der Waals surface area contributed by atoms with E-state index in [2.05, 4.69) is 20.5 Å². The van der Waals surface area contributed by atoms with Crippen molar-refractivity contribution in [2.24, 2.45) is 0 Å². The molecular formula is C11H11N5O2S. The maximum absolute atomic E-state index is 11.1. The molecule has 0 unspecified atom stereocenters. The van der Waals surface area contributed by atoms with Crippen LogP contribution in [0.4, 0.5) is 0 Å². The second kappa shape index (κ2) is 4.96. The highest BCUT2D eigenvalue weighted by atomic mass is 32.2. The summed E-state index contributed by atoms with van der Waals surface area (Å²) in [5, 5.41) is 21.4. The van der Waals surface area contributed by atoms with Gasteiger partial charge in [-0.25, -0.2) is 14.5 Å². The molecule has 98 valence electrons. The first-order valence-electron chi connectivity index (χ1n) is 5.83. The first kappa shape index (κ1) is 12.1. The molecule has 0 spiro atoms. The topological polar surface area (TPSA) is 93.8 Å². The number of carbonyl (C=O) groups is 1. The van der Waals surface area contributed by atoms with E-state index in [-0.39, 0.29) is 5.69 Å². The molecule has 2 heterocycles. The van der Waals surface area contributed by atoms with E-state index in [9.17, 15) is 4.79 Å². The van der Waals surface area contributed by atoms with Gasteiger partial charge in [-0.2, -0.15) is 0 Å². The van der Waals surface area contributed by atoms with Crippen LogP contribution in [0.5, 0.6) is 0 Å². The minimum Gasteiger partial charge on any atom is -0.477 e. The van der Waals surface area contributed by atoms with Crippen LogP contribution in [0, 0.1) is 0 Å². The van der Waals surface area contributed by atoms with E-state index >= 15 is 0 Å². The molecule has 0 aromatic carbocycles. The highest BCUT2D eigenvalue weighted by Gasteiger charge is 2.28. The molecule has 1 aliphatic carbocycles. The third-order valence-electron chi connectivity index (χ3n) is 2.81. The number of carboxylic acids is 1. The quantitative estimate of drug-likeness (QED) is 0.825. The second-order valence-electron chi connectivity index (χ2n) is 4.24. The zero-order valence-corrected chi connectivity index (χ0v) is 10.7. The Morgan fingerprint density at radius 1 is 1.53 bits per heavy atom. The Bertz CT molecular complexity index is 611. The Balaban J connectivity index is 1.75. The van der Waals surface area contributed by atoms with Crippen LogP contribution in [0.2, 0.25) is 0 Å². The second-order valence-corrected chi connectivity index (χ2v) is 5.18. The SMILES string of the molecule is O=C(O)c1ncccc1CSc1nnnn1C1CC1. The Morgan fingerprint density at radius 3 is 3.11 bits per heavy atom. The number of thioether (sulfide) groups is 1. The summed E-state index contributed by atoms with van der Waals surface area (Å²) < 4.78 is 1.81. The van der Waals surface area contributed by atoms with Gasteiger partial charge in [0.25, 0.3) is 0 Å². The normalized spacial score (nSPS) is 14.5. The monoisotopic (exact) mass is 277 g/mol. The fourth-order valence-electron chi connectivity index (χ4n) is 1.72. The zero-order valence-electron chi connectivity index (χ0n) is 9.93. The minimum atomic E-state index is -1.02. The largest absolute Gasteiger partial charge is 0.477 e. The number of aromatic carboxylic acids is 1. The molecule has 0 aliphatic heterocycles. The highest BCUT2D eigenvalue weighted by Crippen LogP contribution is 2.36. The molecule has 19 heavy (non-hydrogen) atoms. The van der Waals surface area contributed by atoms with Crippen molar-refractivity contribution < 1.29 is 9.90 Å². The zero-order chi connectivity index (χ0) is 13.2. The van der Waals surface area contributed by atoms with Crippen LogP contribution in [0.25, 0.3) is 0 Å². The summed E-state index contributed by atoms with van der Waals surface area (Å²) in [6.45, 7) is 0. The molecular weight excluding hydrogens is 266 g/mol. The maximum atomic E-state index is 11.1. The van der Waals surface area contributed by atoms with Gasteiger partial charge in [0.15, 0.2) is 5.69 Å². The van der Waals surface area contributed by atoms with Gasteiger partial charge in [0, 0.05) is 11.9 Å². The van der Waals surface area contributed by atoms with Crippen LogP contribution in [-0.2, 0) is 5.75 Å². The molecule has 7 nitrogen and oxygen atoms in total. The predicted octanol–water partition coefficient (Wildman–Crippen LogP) is 1.39. The molecule has 1 N–H and O–H groups in total. The van der Waals surface area contributed by atoms with Crippen LogP contribution in [0.1, 0.15) is 34.9 Å². The van der Waals surface area contributed by atoms with Gasteiger partial charge in [0.1, 0.15) is 0 Å². The van der Waals surface area contributed by atoms with Crippen molar-refractivity contribution in [3.8, 4) is 0 Å². The van der Waals surface area contributed by atoms with Crippen molar-refractivity contribution in [2.45, 2.75) is 29.8 Å². The summed E-state index contributed by atoms with van der Waals surface area (Å²) in [6, 6.07) is 3.89. The van der Waals surface area contributed by atoms with E-state index < -0.39 is 5.97 Å². The minimum absolute atomic E-state index is 0.0837. The van der Waals surface area contributed by atoms with Crippen molar-refractivity contribution in [1.82, 2.24) is 25.2 Å². The van der Waals surface area contributed by atoms with Crippen LogP contribution in [0.3, 0.4) is 0 Å². The van der Waals surface area contributed by atoms with Crippen LogP contribution >= 0.6 is 11.8 Å². The van der Waals surface area contributed by atoms with Gasteiger partial charge < -0.3 is 5.11 Å². The molecule has 0 bridgehead atoms. The van der Waals surface area contributed by atoms with Gasteiger partial charge in [-0.15, -0.1) is 5.10 Å². The van der Waals surface area contributed by atoms with Crippen LogP contribution in [-0.4, -0.2) is 36.3 Å². The Kier molecular flexibility index (Phi) is 3.16. The van der Waals surface area contributed by atoms with E-state index in [1.807, 2.05) is 4.68 Å². The summed E-state index contributed by atoms with van der Waals surface area (Å²) in [5.74, 6) is -0.527.